The van der Waals surface area contributed by atoms with E-state index in [9.17, 15) is 19.2 Å². The van der Waals surface area contributed by atoms with Crippen molar-refractivity contribution in [1.82, 2.24) is 10.2 Å². The minimum atomic E-state index is -0.729. The Kier molecular flexibility index (Phi) is 13.3. The molecule has 1 unspecified atom stereocenters. The lowest BCUT2D eigenvalue weighted by molar-refractivity contribution is -0.116. The number of esters is 1. The first-order valence-corrected chi connectivity index (χ1v) is 20.6. The number of thioether (sulfide) groups is 1. The molecule has 0 radical (unpaired) electrons. The van der Waals surface area contributed by atoms with Gasteiger partial charge in [-0.25, -0.2) is 4.79 Å². The molecule has 0 aliphatic carbocycles. The van der Waals surface area contributed by atoms with Crippen LogP contribution in [0.3, 0.4) is 0 Å². The fourth-order valence-electron chi connectivity index (χ4n) is 6.78. The fraction of sp³-hybridized carbons (Fsp3) is 0.149. The van der Waals surface area contributed by atoms with Crippen molar-refractivity contribution in [2.24, 2.45) is 0 Å². The summed E-state index contributed by atoms with van der Waals surface area (Å²) < 4.78 is 10.7. The largest absolute Gasteiger partial charge is 0.496 e. The molecule has 5 aromatic carbocycles. The van der Waals surface area contributed by atoms with Gasteiger partial charge in [-0.15, -0.1) is 23.1 Å². The predicted octanol–water partition coefficient (Wildman–Crippen LogP) is 8.98. The van der Waals surface area contributed by atoms with Gasteiger partial charge in [-0.2, -0.15) is 0 Å². The number of para-hydroxylation sites is 1. The van der Waals surface area contributed by atoms with Gasteiger partial charge >= 0.3 is 5.97 Å². The molecule has 1 aliphatic heterocycles. The number of rotatable bonds is 14. The molecule has 0 saturated heterocycles. The molecule has 2 heterocycles. The maximum absolute atomic E-state index is 14.4. The number of carbonyl (C=O) groups is 4. The van der Waals surface area contributed by atoms with Crippen LogP contribution in [0, 0.1) is 0 Å². The molecule has 1 aliphatic rings. The van der Waals surface area contributed by atoms with Crippen LogP contribution in [-0.2, 0) is 33.8 Å². The van der Waals surface area contributed by atoms with Gasteiger partial charge in [0.2, 0.25) is 5.91 Å². The highest BCUT2D eigenvalue weighted by Crippen LogP contribution is 2.41. The van der Waals surface area contributed by atoms with Gasteiger partial charge in [0.15, 0.2) is 0 Å². The first-order valence-electron chi connectivity index (χ1n) is 18.9. The molecule has 7 rings (SSSR count). The molecule has 0 bridgehead atoms. The van der Waals surface area contributed by atoms with Gasteiger partial charge in [0.05, 0.1) is 19.8 Å². The highest BCUT2D eigenvalue weighted by Gasteiger charge is 2.31. The highest BCUT2D eigenvalue weighted by atomic mass is 32.2. The van der Waals surface area contributed by atoms with Crippen molar-refractivity contribution in [3.8, 4) is 5.75 Å². The number of methoxy groups -OCH3 is 2. The number of nitrogens with one attached hydrogen (secondary N) is 3. The Bertz CT molecular complexity index is 2470. The quantitative estimate of drug-likeness (QED) is 0.0565. The van der Waals surface area contributed by atoms with Crippen molar-refractivity contribution < 1.29 is 28.7 Å². The maximum atomic E-state index is 14.4. The molecular formula is C47H42N4O6S2. The Morgan fingerprint density at radius 2 is 1.51 bits per heavy atom. The van der Waals surface area contributed by atoms with E-state index in [1.807, 2.05) is 66.7 Å². The maximum Gasteiger partial charge on any atom is 0.341 e. The van der Waals surface area contributed by atoms with Crippen molar-refractivity contribution in [1.29, 1.82) is 0 Å². The first-order chi connectivity index (χ1) is 28.8. The average Bonchev–Trinajstić information content (AvgIpc) is 3.63. The Morgan fingerprint density at radius 1 is 0.814 bits per heavy atom. The van der Waals surface area contributed by atoms with Gasteiger partial charge in [0.25, 0.3) is 11.8 Å². The van der Waals surface area contributed by atoms with E-state index in [0.29, 0.717) is 51.0 Å². The van der Waals surface area contributed by atoms with Gasteiger partial charge < -0.3 is 25.4 Å². The molecular weight excluding hydrogens is 781 g/mol. The van der Waals surface area contributed by atoms with Gasteiger partial charge in [0, 0.05) is 46.2 Å². The monoisotopic (exact) mass is 822 g/mol. The topological polar surface area (TPSA) is 126 Å². The number of hydrogen-bond acceptors (Lipinski definition) is 9. The zero-order chi connectivity index (χ0) is 41.1. The van der Waals surface area contributed by atoms with Crippen LogP contribution < -0.4 is 20.7 Å². The summed E-state index contributed by atoms with van der Waals surface area (Å²) in [5, 5.41) is 8.53. The van der Waals surface area contributed by atoms with Gasteiger partial charge in [0.1, 0.15) is 21.7 Å². The summed E-state index contributed by atoms with van der Waals surface area (Å²) in [6, 6.07) is 42.6. The van der Waals surface area contributed by atoms with E-state index in [0.717, 1.165) is 29.1 Å². The number of anilines is 2. The summed E-state index contributed by atoms with van der Waals surface area (Å²) >= 11 is 2.72. The molecule has 1 aromatic heterocycles. The van der Waals surface area contributed by atoms with E-state index in [4.69, 9.17) is 9.47 Å². The van der Waals surface area contributed by atoms with Crippen LogP contribution in [0.4, 0.5) is 10.7 Å². The lowest BCUT2D eigenvalue weighted by atomic mass is 10.0. The summed E-state index contributed by atoms with van der Waals surface area (Å²) in [7, 11) is 2.89. The van der Waals surface area contributed by atoms with Crippen LogP contribution in [-0.4, -0.2) is 49.4 Å². The van der Waals surface area contributed by atoms with Gasteiger partial charge in [-0.05, 0) is 65.6 Å². The lowest BCUT2D eigenvalue weighted by Gasteiger charge is -2.27. The van der Waals surface area contributed by atoms with E-state index < -0.39 is 23.0 Å². The second kappa shape index (κ2) is 19.3. The van der Waals surface area contributed by atoms with Crippen LogP contribution in [0.25, 0.3) is 6.08 Å². The smallest absolute Gasteiger partial charge is 0.341 e. The summed E-state index contributed by atoms with van der Waals surface area (Å²) in [6.45, 7) is 2.19. The number of benzene rings is 5. The van der Waals surface area contributed by atoms with Crippen LogP contribution in [0.15, 0.2) is 150 Å². The Hall–Kier alpha value is -6.47. The highest BCUT2D eigenvalue weighted by molar-refractivity contribution is 8.00. The van der Waals surface area contributed by atoms with Crippen LogP contribution in [0.2, 0.25) is 0 Å². The second-order valence-electron chi connectivity index (χ2n) is 13.6. The normalized spacial score (nSPS) is 13.1. The molecule has 6 aromatic rings. The van der Waals surface area contributed by atoms with E-state index in [1.54, 1.807) is 66.7 Å². The van der Waals surface area contributed by atoms with Gasteiger partial charge in [-0.3, -0.25) is 19.3 Å². The standard InChI is InChI=1S/C47H42N4O6S2/c1-56-39-24-13-12-21-34(39)27-38(49-43(52)33-19-10-5-11-20-33)44(53)48-35-22-14-23-36(28-35)58-42(32-17-8-4-9-18-32)45(54)50-46-41(47(55)57-2)37-25-26-51(30-40(37)59-46)29-31-15-6-3-7-16-31/h3-24,27-28,42H,25-26,29-30H2,1-2H3,(H,48,53)(H,49,52)(H,50,54)/b38-27+. The van der Waals surface area contributed by atoms with Crippen molar-refractivity contribution in [3.63, 3.8) is 0 Å². The second-order valence-corrected chi connectivity index (χ2v) is 15.9. The zero-order valence-electron chi connectivity index (χ0n) is 32.5. The van der Waals surface area contributed by atoms with E-state index in [1.165, 1.54) is 42.9 Å². The molecule has 59 heavy (non-hydrogen) atoms. The minimum absolute atomic E-state index is 0.00573. The first kappa shape index (κ1) is 40.7. The van der Waals surface area contributed by atoms with E-state index in [2.05, 4.69) is 33.0 Å². The molecule has 10 nitrogen and oxygen atoms in total. The molecule has 0 spiro atoms. The van der Waals surface area contributed by atoms with Crippen LogP contribution in [0.5, 0.6) is 5.75 Å². The SMILES string of the molecule is COC(=O)c1c(NC(=O)C(Sc2cccc(NC(=O)/C(=C\c3ccccc3OC)NC(=O)c3ccccc3)c2)c2ccccc2)sc2c1CCN(Cc1ccccc1)C2. The zero-order valence-corrected chi connectivity index (χ0v) is 34.1. The lowest BCUT2D eigenvalue weighted by Crippen LogP contribution is -2.30. The van der Waals surface area contributed by atoms with Crippen LogP contribution >= 0.6 is 23.1 Å². The summed E-state index contributed by atoms with van der Waals surface area (Å²) in [5.74, 6) is -1.28. The molecule has 1 atom stereocenters. The Morgan fingerprint density at radius 3 is 2.24 bits per heavy atom. The minimum Gasteiger partial charge on any atom is -0.496 e. The number of fused-ring (bicyclic) bond motifs is 1. The van der Waals surface area contributed by atoms with E-state index in [-0.39, 0.29) is 11.6 Å². The van der Waals surface area contributed by atoms with Crippen LogP contribution in [0.1, 0.15) is 53.1 Å². The molecule has 0 saturated carbocycles. The Labute approximate surface area is 351 Å². The third kappa shape index (κ3) is 10.2. The number of nitrogens with zero attached hydrogens (tertiary/aromatic N) is 1. The van der Waals surface area contributed by atoms with Crippen molar-refractivity contribution in [2.75, 3.05) is 31.4 Å². The number of hydrogen-bond donors (Lipinski definition) is 3. The van der Waals surface area contributed by atoms with Crippen molar-refractivity contribution in [2.45, 2.75) is 29.7 Å². The summed E-state index contributed by atoms with van der Waals surface area (Å²) in [4.78, 5) is 58.8. The third-order valence-electron chi connectivity index (χ3n) is 9.67. The molecule has 3 amide bonds. The summed E-state index contributed by atoms with van der Waals surface area (Å²) in [5.41, 5.74) is 4.72. The molecule has 0 fully saturated rings. The number of thiophene rings is 1. The summed E-state index contributed by atoms with van der Waals surface area (Å²) in [6.07, 6.45) is 2.22. The number of carbonyl (C=O) groups excluding carboxylic acids is 4. The molecule has 298 valence electrons. The third-order valence-corrected chi connectivity index (χ3v) is 12.0. The van der Waals surface area contributed by atoms with E-state index >= 15 is 0 Å². The fourth-order valence-corrected chi connectivity index (χ4v) is 9.15. The number of amides is 3. The van der Waals surface area contributed by atoms with Crippen molar-refractivity contribution in [3.05, 3.63) is 183 Å². The Balaban J connectivity index is 1.12. The number of ether oxygens (including phenoxy) is 2. The average molecular weight is 823 g/mol. The predicted molar refractivity (Wildman–Crippen MR) is 234 cm³/mol. The van der Waals surface area contributed by atoms with Crippen molar-refractivity contribution >= 4 is 63.6 Å². The van der Waals surface area contributed by atoms with Gasteiger partial charge in [-0.1, -0.05) is 103 Å². The molecule has 12 heteroatoms. The molecule has 3 N–H and O–H groups in total.